The van der Waals surface area contributed by atoms with Crippen molar-refractivity contribution < 1.29 is 4.74 Å². The van der Waals surface area contributed by atoms with Gasteiger partial charge in [0.15, 0.2) is 0 Å². The highest BCUT2D eigenvalue weighted by molar-refractivity contribution is 5.77. The number of rotatable bonds is 6. The Hall–Kier alpha value is -1.55. The number of amidine groups is 1. The predicted octanol–water partition coefficient (Wildman–Crippen LogP) is 2.39. The van der Waals surface area contributed by atoms with Crippen molar-refractivity contribution >= 4 is 11.5 Å². The van der Waals surface area contributed by atoms with E-state index in [9.17, 15) is 0 Å². The van der Waals surface area contributed by atoms with Crippen LogP contribution >= 0.6 is 0 Å². The zero-order valence-corrected chi connectivity index (χ0v) is 11.3. The molecule has 1 saturated heterocycles. The fourth-order valence-corrected chi connectivity index (χ4v) is 2.42. The third-order valence-corrected chi connectivity index (χ3v) is 3.47. The van der Waals surface area contributed by atoms with E-state index in [0.717, 1.165) is 26.1 Å². The van der Waals surface area contributed by atoms with E-state index in [1.807, 2.05) is 18.2 Å². The lowest BCUT2D eigenvalue weighted by atomic mass is 10.1. The lowest BCUT2D eigenvalue weighted by molar-refractivity contribution is 0.0210. The molecule has 0 bridgehead atoms. The monoisotopic (exact) mass is 261 g/mol. The smallest absolute Gasteiger partial charge is 0.0923 e. The summed E-state index contributed by atoms with van der Waals surface area (Å²) in [5.41, 5.74) is 6.66. The van der Waals surface area contributed by atoms with Gasteiger partial charge in [0, 0.05) is 31.8 Å². The summed E-state index contributed by atoms with van der Waals surface area (Å²) in [6.07, 6.45) is 4.46. The molecule has 0 aromatic heterocycles. The summed E-state index contributed by atoms with van der Waals surface area (Å²) in [5, 5.41) is 7.39. The molecule has 0 radical (unpaired) electrons. The van der Waals surface area contributed by atoms with E-state index in [2.05, 4.69) is 17.0 Å². The van der Waals surface area contributed by atoms with Crippen LogP contribution in [-0.2, 0) is 4.74 Å². The molecule has 1 aliphatic rings. The molecule has 104 valence electrons. The lowest BCUT2D eigenvalue weighted by Crippen LogP contribution is -2.37. The van der Waals surface area contributed by atoms with Crippen LogP contribution in [0.15, 0.2) is 30.3 Å². The molecule has 1 aliphatic heterocycles. The molecule has 19 heavy (non-hydrogen) atoms. The topological polar surface area (TPSA) is 62.3 Å². The van der Waals surface area contributed by atoms with Crippen molar-refractivity contribution in [1.29, 1.82) is 5.41 Å². The lowest BCUT2D eigenvalue weighted by Gasteiger charge is -2.31. The number of nitrogens with one attached hydrogen (secondary N) is 1. The van der Waals surface area contributed by atoms with Gasteiger partial charge < -0.3 is 15.4 Å². The van der Waals surface area contributed by atoms with Crippen LogP contribution in [0.2, 0.25) is 0 Å². The highest BCUT2D eigenvalue weighted by Gasteiger charge is 2.18. The highest BCUT2D eigenvalue weighted by atomic mass is 16.5. The predicted molar refractivity (Wildman–Crippen MR) is 78.8 cm³/mol. The van der Waals surface area contributed by atoms with Gasteiger partial charge in [-0.25, -0.2) is 0 Å². The zero-order valence-electron chi connectivity index (χ0n) is 11.3. The van der Waals surface area contributed by atoms with E-state index in [0.29, 0.717) is 12.5 Å². The summed E-state index contributed by atoms with van der Waals surface area (Å²) >= 11 is 0. The molecule has 1 aromatic carbocycles. The van der Waals surface area contributed by atoms with Crippen LogP contribution < -0.4 is 10.6 Å². The zero-order chi connectivity index (χ0) is 13.5. The number of hydrogen-bond donors (Lipinski definition) is 2. The minimum Gasteiger partial charge on any atom is -0.388 e. The molecule has 4 heteroatoms. The van der Waals surface area contributed by atoms with Crippen LogP contribution in [0.5, 0.6) is 0 Å². The summed E-state index contributed by atoms with van der Waals surface area (Å²) in [6, 6.07) is 10.3. The first-order valence-electron chi connectivity index (χ1n) is 7.00. The summed E-state index contributed by atoms with van der Waals surface area (Å²) in [4.78, 5) is 2.28. The fourth-order valence-electron chi connectivity index (χ4n) is 2.42. The van der Waals surface area contributed by atoms with E-state index in [1.54, 1.807) is 0 Å². The second kappa shape index (κ2) is 7.14. The summed E-state index contributed by atoms with van der Waals surface area (Å²) in [7, 11) is 0. The second-order valence-corrected chi connectivity index (χ2v) is 5.05. The molecule has 4 nitrogen and oxygen atoms in total. The molecule has 0 amide bonds. The van der Waals surface area contributed by atoms with Gasteiger partial charge in [-0.05, 0) is 31.4 Å². The Labute approximate surface area is 115 Å². The van der Waals surface area contributed by atoms with Gasteiger partial charge in [-0.1, -0.05) is 18.2 Å². The van der Waals surface area contributed by atoms with Crippen LogP contribution in [-0.4, -0.2) is 31.6 Å². The number of hydrogen-bond acceptors (Lipinski definition) is 3. The number of ether oxygens (including phenoxy) is 1. The van der Waals surface area contributed by atoms with E-state index >= 15 is 0 Å². The quantitative estimate of drug-likeness (QED) is 0.610. The van der Waals surface area contributed by atoms with Crippen molar-refractivity contribution in [2.24, 2.45) is 5.73 Å². The minimum atomic E-state index is 0.241. The Morgan fingerprint density at radius 2 is 2.11 bits per heavy atom. The van der Waals surface area contributed by atoms with Crippen molar-refractivity contribution in [2.45, 2.75) is 31.8 Å². The Morgan fingerprint density at radius 3 is 2.74 bits per heavy atom. The van der Waals surface area contributed by atoms with Crippen LogP contribution in [0, 0.1) is 5.41 Å². The SMILES string of the molecule is N=C(N)CCN(CC1CCCCO1)c1ccccc1. The van der Waals surface area contributed by atoms with Gasteiger partial charge in [0.05, 0.1) is 11.9 Å². The van der Waals surface area contributed by atoms with Crippen LogP contribution in [0.25, 0.3) is 0 Å². The van der Waals surface area contributed by atoms with E-state index in [1.165, 1.54) is 18.5 Å². The number of nitrogens with zero attached hydrogens (tertiary/aromatic N) is 1. The maximum absolute atomic E-state index is 7.39. The summed E-state index contributed by atoms with van der Waals surface area (Å²) < 4.78 is 5.81. The van der Waals surface area contributed by atoms with Gasteiger partial charge in [-0.15, -0.1) is 0 Å². The second-order valence-electron chi connectivity index (χ2n) is 5.05. The van der Waals surface area contributed by atoms with Crippen LogP contribution in [0.3, 0.4) is 0 Å². The maximum atomic E-state index is 7.39. The molecular formula is C15H23N3O. The van der Waals surface area contributed by atoms with Crippen molar-refractivity contribution in [1.82, 2.24) is 0 Å². The van der Waals surface area contributed by atoms with Gasteiger partial charge in [0.25, 0.3) is 0 Å². The number of nitrogens with two attached hydrogens (primary N) is 1. The molecule has 1 aromatic rings. The summed E-state index contributed by atoms with van der Waals surface area (Å²) in [5.74, 6) is 0.241. The molecule has 1 fully saturated rings. The Bertz CT molecular complexity index is 388. The standard InChI is InChI=1S/C15H23N3O/c16-15(17)9-10-18(13-6-2-1-3-7-13)12-14-8-4-5-11-19-14/h1-3,6-7,14H,4-5,8-12H2,(H3,16,17). The molecule has 1 heterocycles. The summed E-state index contributed by atoms with van der Waals surface area (Å²) in [6.45, 7) is 2.54. The van der Waals surface area contributed by atoms with Crippen molar-refractivity contribution in [3.8, 4) is 0 Å². The largest absolute Gasteiger partial charge is 0.388 e. The van der Waals surface area contributed by atoms with Gasteiger partial charge in [-0.2, -0.15) is 0 Å². The highest BCUT2D eigenvalue weighted by Crippen LogP contribution is 2.19. The minimum absolute atomic E-state index is 0.241. The van der Waals surface area contributed by atoms with Crippen molar-refractivity contribution in [3.05, 3.63) is 30.3 Å². The van der Waals surface area contributed by atoms with Gasteiger partial charge in [-0.3, -0.25) is 5.41 Å². The van der Waals surface area contributed by atoms with Crippen LogP contribution in [0.1, 0.15) is 25.7 Å². The maximum Gasteiger partial charge on any atom is 0.0923 e. The van der Waals surface area contributed by atoms with E-state index in [-0.39, 0.29) is 5.84 Å². The average molecular weight is 261 g/mol. The number of para-hydroxylation sites is 1. The number of benzene rings is 1. The fraction of sp³-hybridized carbons (Fsp3) is 0.533. The Balaban J connectivity index is 1.98. The molecule has 1 atom stereocenters. The molecule has 0 aliphatic carbocycles. The molecule has 1 unspecified atom stereocenters. The third kappa shape index (κ3) is 4.56. The van der Waals surface area contributed by atoms with E-state index in [4.69, 9.17) is 15.9 Å². The van der Waals surface area contributed by atoms with Gasteiger partial charge >= 0.3 is 0 Å². The first-order chi connectivity index (χ1) is 9.25. The number of anilines is 1. The first-order valence-corrected chi connectivity index (χ1v) is 7.00. The average Bonchev–Trinajstić information content (AvgIpc) is 2.45. The molecule has 0 spiro atoms. The van der Waals surface area contributed by atoms with E-state index < -0.39 is 0 Å². The van der Waals surface area contributed by atoms with Crippen molar-refractivity contribution in [3.63, 3.8) is 0 Å². The third-order valence-electron chi connectivity index (χ3n) is 3.47. The van der Waals surface area contributed by atoms with Gasteiger partial charge in [0.1, 0.15) is 0 Å². The molecule has 3 N–H and O–H groups in total. The van der Waals surface area contributed by atoms with Crippen LogP contribution in [0.4, 0.5) is 5.69 Å². The first kappa shape index (κ1) is 13.9. The van der Waals surface area contributed by atoms with Gasteiger partial charge in [0.2, 0.25) is 0 Å². The normalized spacial score (nSPS) is 19.1. The molecular weight excluding hydrogens is 238 g/mol. The molecule has 2 rings (SSSR count). The Morgan fingerprint density at radius 1 is 1.32 bits per heavy atom. The molecule has 0 saturated carbocycles. The van der Waals surface area contributed by atoms with Crippen molar-refractivity contribution in [2.75, 3.05) is 24.6 Å². The Kier molecular flexibility index (Phi) is 5.21.